The van der Waals surface area contributed by atoms with Crippen LogP contribution in [-0.2, 0) is 14.8 Å². The number of ether oxygens (including phenoxy) is 1. The van der Waals surface area contributed by atoms with Gasteiger partial charge in [-0.1, -0.05) is 31.9 Å². The maximum absolute atomic E-state index is 11.6. The Labute approximate surface area is 225 Å². The molecule has 2 saturated heterocycles. The highest BCUT2D eigenvalue weighted by Crippen LogP contribution is 2.65. The van der Waals surface area contributed by atoms with E-state index in [0.717, 1.165) is 42.9 Å². The Morgan fingerprint density at radius 2 is 1.89 bits per heavy atom. The Kier molecular flexibility index (Phi) is 6.56. The van der Waals surface area contributed by atoms with Crippen molar-refractivity contribution < 1.29 is 13.2 Å². The first kappa shape index (κ1) is 26.5. The summed E-state index contributed by atoms with van der Waals surface area (Å²) in [4.78, 5) is 2.61. The van der Waals surface area contributed by atoms with Gasteiger partial charge in [0.1, 0.15) is 0 Å². The van der Waals surface area contributed by atoms with Gasteiger partial charge in [-0.3, -0.25) is 0 Å². The first-order chi connectivity index (χ1) is 17.4. The Bertz CT molecular complexity index is 1080. The van der Waals surface area contributed by atoms with Crippen LogP contribution in [0.15, 0.2) is 15.5 Å². The van der Waals surface area contributed by atoms with E-state index in [4.69, 9.17) is 4.74 Å². The molecule has 0 aromatic carbocycles. The molecule has 0 amide bonds. The molecule has 0 radical (unpaired) electrons. The molecule has 3 saturated carbocycles. The van der Waals surface area contributed by atoms with Gasteiger partial charge in [-0.2, -0.15) is 4.40 Å². The molecule has 0 aromatic rings. The van der Waals surface area contributed by atoms with Crippen molar-refractivity contribution in [1.29, 1.82) is 0 Å². The normalized spacial score (nSPS) is 50.6. The maximum atomic E-state index is 11.6. The fourth-order valence-corrected chi connectivity index (χ4v) is 11.2. The van der Waals surface area contributed by atoms with Gasteiger partial charge in [0.25, 0.3) is 0 Å². The van der Waals surface area contributed by atoms with E-state index in [1.54, 1.807) is 11.8 Å². The lowest BCUT2D eigenvalue weighted by atomic mass is 9.51. The lowest BCUT2D eigenvalue weighted by molar-refractivity contribution is -0.0797. The van der Waals surface area contributed by atoms with Crippen LogP contribution in [0.2, 0.25) is 0 Å². The Hall–Kier alpha value is -0.720. The van der Waals surface area contributed by atoms with E-state index in [-0.39, 0.29) is 5.60 Å². The fourth-order valence-electron chi connectivity index (χ4n) is 10.8. The maximum Gasteiger partial charge on any atom is 0.249 e. The number of piperidine rings is 1. The number of rotatable bonds is 2. The molecule has 2 aliphatic heterocycles. The second-order valence-electron chi connectivity index (χ2n) is 14.7. The molecule has 5 fully saturated rings. The second-order valence-corrected chi connectivity index (χ2v) is 16.4. The van der Waals surface area contributed by atoms with E-state index in [9.17, 15) is 8.42 Å². The first-order valence-corrected chi connectivity index (χ1v) is 17.1. The van der Waals surface area contributed by atoms with E-state index < -0.39 is 10.0 Å². The Balaban J connectivity index is 1.22. The minimum absolute atomic E-state index is 0.0304. The molecule has 6 aliphatic rings. The van der Waals surface area contributed by atoms with E-state index in [2.05, 4.69) is 44.0 Å². The van der Waals surface area contributed by atoms with E-state index in [1.165, 1.54) is 57.7 Å². The molecule has 6 rings (SSSR count). The summed E-state index contributed by atoms with van der Waals surface area (Å²) in [6.07, 6.45) is 15.6. The molecule has 6 heteroatoms. The zero-order valence-corrected chi connectivity index (χ0v) is 24.9. The van der Waals surface area contributed by atoms with Gasteiger partial charge in [0, 0.05) is 24.7 Å². The number of likely N-dealkylation sites (N-methyl/N-ethyl adjacent to an activating group) is 1. The van der Waals surface area contributed by atoms with Gasteiger partial charge in [-0.05, 0) is 119 Å². The van der Waals surface area contributed by atoms with Gasteiger partial charge in [0.05, 0.1) is 18.0 Å². The molecule has 4 aliphatic carbocycles. The predicted molar refractivity (Wildman–Crippen MR) is 150 cm³/mol. The highest BCUT2D eigenvalue weighted by Gasteiger charge is 2.59. The van der Waals surface area contributed by atoms with Gasteiger partial charge in [-0.25, -0.2) is 8.42 Å². The average Bonchev–Trinajstić information content (AvgIpc) is 3.27. The summed E-state index contributed by atoms with van der Waals surface area (Å²) in [7, 11) is -0.954. The minimum Gasteiger partial charge on any atom is -0.369 e. The van der Waals surface area contributed by atoms with Crippen molar-refractivity contribution in [3.63, 3.8) is 0 Å². The van der Waals surface area contributed by atoms with Crippen molar-refractivity contribution in [2.75, 3.05) is 19.8 Å². The van der Waals surface area contributed by atoms with Crippen molar-refractivity contribution in [1.82, 2.24) is 4.90 Å². The summed E-state index contributed by atoms with van der Waals surface area (Å²) in [5.41, 5.74) is 3.89. The standard InChI is InChI=1S/C31H50N2O3S/c1-19-13-28-29(33(5)18-19)21(3)31(36-28)12-10-24-25-8-7-23-14-22(17-32-37(6,34)35)9-11-30(23,4)27(25)15-26(24)20(2)16-31/h17,19,21-25,27-29H,7-16,18H2,1-6H3/b32-17+/t19-,21+,22?,23+,24-,25-,27-,28+,29-,30-,31-/m0/s1. The SMILES string of the molecule is CC1=C2C[C@H]3[C@@H](CC[C@@H]4CC(/C=N/S(C)(=O)=O)CC[C@@]43C)[C@@H]2CC[C@@]2(C1)O[C@@H]1C[C@H](C)CN(C)[C@H]1[C@H]2C. The zero-order valence-electron chi connectivity index (χ0n) is 24.1. The number of hydrogen-bond donors (Lipinski definition) is 0. The Morgan fingerprint density at radius 1 is 1.11 bits per heavy atom. The van der Waals surface area contributed by atoms with Gasteiger partial charge < -0.3 is 9.64 Å². The van der Waals surface area contributed by atoms with Crippen molar-refractivity contribution >= 4 is 16.2 Å². The second kappa shape index (κ2) is 9.16. The van der Waals surface area contributed by atoms with E-state index >= 15 is 0 Å². The third kappa shape index (κ3) is 4.40. The molecule has 2 heterocycles. The van der Waals surface area contributed by atoms with Gasteiger partial charge >= 0.3 is 0 Å². The third-order valence-electron chi connectivity index (χ3n) is 12.5. The van der Waals surface area contributed by atoms with Gasteiger partial charge in [0.15, 0.2) is 0 Å². The number of sulfonamides is 1. The summed E-state index contributed by atoms with van der Waals surface area (Å²) >= 11 is 0. The monoisotopic (exact) mass is 530 g/mol. The molecular formula is C31H50N2O3S. The third-order valence-corrected chi connectivity index (χ3v) is 13.0. The summed E-state index contributed by atoms with van der Waals surface area (Å²) < 4.78 is 34.2. The molecule has 208 valence electrons. The number of likely N-dealkylation sites (tertiary alicyclic amines) is 1. The van der Waals surface area contributed by atoms with Gasteiger partial charge in [-0.15, -0.1) is 0 Å². The van der Waals surface area contributed by atoms with Crippen molar-refractivity contribution in [2.45, 2.75) is 110 Å². The van der Waals surface area contributed by atoms with Crippen molar-refractivity contribution in [3.05, 3.63) is 11.1 Å². The number of hydrogen-bond acceptors (Lipinski definition) is 4. The lowest BCUT2D eigenvalue weighted by Gasteiger charge is -2.54. The van der Waals surface area contributed by atoms with Crippen LogP contribution in [0, 0.1) is 46.8 Å². The number of allylic oxidation sites excluding steroid dienone is 1. The quantitative estimate of drug-likeness (QED) is 0.320. The zero-order chi connectivity index (χ0) is 26.3. The molecule has 0 bridgehead atoms. The van der Waals surface area contributed by atoms with E-state index in [1.807, 2.05) is 5.57 Å². The van der Waals surface area contributed by atoms with Crippen molar-refractivity contribution in [3.8, 4) is 0 Å². The van der Waals surface area contributed by atoms with Crippen LogP contribution in [0.5, 0.6) is 0 Å². The van der Waals surface area contributed by atoms with Crippen LogP contribution in [0.1, 0.15) is 91.9 Å². The number of nitrogens with zero attached hydrogens (tertiary/aromatic N) is 2. The molecule has 0 N–H and O–H groups in total. The van der Waals surface area contributed by atoms with Crippen LogP contribution in [0.4, 0.5) is 0 Å². The fraction of sp³-hybridized carbons (Fsp3) is 0.903. The van der Waals surface area contributed by atoms with E-state index in [0.29, 0.717) is 35.3 Å². The topological polar surface area (TPSA) is 59.0 Å². The van der Waals surface area contributed by atoms with Crippen LogP contribution < -0.4 is 0 Å². The average molecular weight is 531 g/mol. The van der Waals surface area contributed by atoms with Crippen LogP contribution in [-0.4, -0.2) is 57.1 Å². The highest BCUT2D eigenvalue weighted by atomic mass is 32.2. The summed E-state index contributed by atoms with van der Waals surface area (Å²) in [6, 6.07) is 0.579. The number of fused-ring (bicyclic) bond motifs is 6. The molecule has 1 unspecified atom stereocenters. The first-order valence-electron chi connectivity index (χ1n) is 15.2. The summed E-state index contributed by atoms with van der Waals surface area (Å²) in [5, 5.41) is 0. The molecule has 37 heavy (non-hydrogen) atoms. The minimum atomic E-state index is -3.28. The highest BCUT2D eigenvalue weighted by molar-refractivity contribution is 7.89. The van der Waals surface area contributed by atoms with Crippen LogP contribution >= 0.6 is 0 Å². The molecule has 0 aromatic heterocycles. The van der Waals surface area contributed by atoms with Gasteiger partial charge in [0.2, 0.25) is 10.0 Å². The summed E-state index contributed by atoms with van der Waals surface area (Å²) in [6.45, 7) is 11.1. The lowest BCUT2D eigenvalue weighted by Crippen LogP contribution is -2.49. The largest absolute Gasteiger partial charge is 0.369 e. The predicted octanol–water partition coefficient (Wildman–Crippen LogP) is 6.10. The molecular weight excluding hydrogens is 480 g/mol. The van der Waals surface area contributed by atoms with Crippen LogP contribution in [0.25, 0.3) is 0 Å². The molecule has 11 atom stereocenters. The van der Waals surface area contributed by atoms with Crippen molar-refractivity contribution in [2.24, 2.45) is 51.2 Å². The molecule has 5 nitrogen and oxygen atoms in total. The molecule has 1 spiro atoms. The smallest absolute Gasteiger partial charge is 0.249 e. The summed E-state index contributed by atoms with van der Waals surface area (Å²) in [5.74, 6) is 4.71. The van der Waals surface area contributed by atoms with Crippen LogP contribution in [0.3, 0.4) is 0 Å². The Morgan fingerprint density at radius 3 is 2.65 bits per heavy atom.